The van der Waals surface area contributed by atoms with Gasteiger partial charge in [-0.15, -0.1) is 0 Å². The van der Waals surface area contributed by atoms with Crippen molar-refractivity contribution in [1.29, 1.82) is 0 Å². The Hall–Kier alpha value is -1.89. The van der Waals surface area contributed by atoms with Crippen LogP contribution in [0.2, 0.25) is 0 Å². The van der Waals surface area contributed by atoms with Gasteiger partial charge < -0.3 is 15.7 Å². The monoisotopic (exact) mass is 298 g/mol. The Kier molecular flexibility index (Phi) is 7.34. The molecule has 7 heteroatoms. The molecule has 1 rings (SSSR count). The molecule has 0 unspecified atom stereocenters. The third kappa shape index (κ3) is 6.89. The Morgan fingerprint density at radius 2 is 1.90 bits per heavy atom. The van der Waals surface area contributed by atoms with E-state index in [1.165, 1.54) is 11.3 Å². The molecular formula is C13H18N2O4S. The van der Waals surface area contributed by atoms with E-state index in [0.717, 1.165) is 0 Å². The van der Waals surface area contributed by atoms with Gasteiger partial charge >= 0.3 is 5.97 Å². The lowest BCUT2D eigenvalue weighted by atomic mass is 10.2. The first-order chi connectivity index (χ1) is 9.59. The molecule has 0 spiro atoms. The van der Waals surface area contributed by atoms with Gasteiger partial charge in [-0.25, -0.2) is 0 Å². The highest BCUT2D eigenvalue weighted by atomic mass is 32.1. The Bertz CT molecular complexity index is 445. The minimum atomic E-state index is -0.826. The maximum atomic E-state index is 11.6. The molecule has 0 radical (unpaired) electrons. The van der Waals surface area contributed by atoms with E-state index >= 15 is 0 Å². The average molecular weight is 298 g/mol. The summed E-state index contributed by atoms with van der Waals surface area (Å²) in [4.78, 5) is 33.3. The average Bonchev–Trinajstić information content (AvgIpc) is 2.91. The topological polar surface area (TPSA) is 95.5 Å². The molecule has 0 atom stereocenters. The highest BCUT2D eigenvalue weighted by Crippen LogP contribution is 2.05. The quantitative estimate of drug-likeness (QED) is 0.598. The highest BCUT2D eigenvalue weighted by molar-refractivity contribution is 7.08. The summed E-state index contributed by atoms with van der Waals surface area (Å²) in [5.74, 6) is -1.15. The molecule has 2 amide bonds. The highest BCUT2D eigenvalue weighted by Gasteiger charge is 2.06. The summed E-state index contributed by atoms with van der Waals surface area (Å²) in [6, 6.07) is 1.72. The van der Waals surface area contributed by atoms with Crippen molar-refractivity contribution in [1.82, 2.24) is 10.6 Å². The zero-order valence-electron chi connectivity index (χ0n) is 11.1. The van der Waals surface area contributed by atoms with E-state index < -0.39 is 5.97 Å². The van der Waals surface area contributed by atoms with Crippen LogP contribution >= 0.6 is 11.3 Å². The second kappa shape index (κ2) is 9.08. The summed E-state index contributed by atoms with van der Waals surface area (Å²) in [6.45, 7) is 0.750. The number of hydrogen-bond acceptors (Lipinski definition) is 4. The number of carbonyl (C=O) groups excluding carboxylic acids is 2. The summed E-state index contributed by atoms with van der Waals surface area (Å²) in [5, 5.41) is 17.4. The molecule has 3 N–H and O–H groups in total. The van der Waals surface area contributed by atoms with E-state index in [2.05, 4.69) is 10.6 Å². The number of amides is 2. The summed E-state index contributed by atoms with van der Waals surface area (Å²) in [6.07, 6.45) is 1.52. The molecule has 1 heterocycles. The van der Waals surface area contributed by atoms with Crippen LogP contribution < -0.4 is 10.6 Å². The fourth-order valence-corrected chi connectivity index (χ4v) is 2.14. The van der Waals surface area contributed by atoms with Crippen LogP contribution in [0.4, 0.5) is 0 Å². The third-order valence-corrected chi connectivity index (χ3v) is 3.24. The predicted molar refractivity (Wildman–Crippen MR) is 75.8 cm³/mol. The number of carbonyl (C=O) groups is 3. The Balaban J connectivity index is 2.03. The minimum Gasteiger partial charge on any atom is -0.481 e. The first-order valence-electron chi connectivity index (χ1n) is 6.38. The molecule has 0 aromatic carbocycles. The van der Waals surface area contributed by atoms with Crippen molar-refractivity contribution < 1.29 is 19.5 Å². The van der Waals surface area contributed by atoms with E-state index in [9.17, 15) is 14.4 Å². The van der Waals surface area contributed by atoms with Gasteiger partial charge in [-0.1, -0.05) is 0 Å². The molecule has 0 aliphatic heterocycles. The molecule has 0 fully saturated rings. The van der Waals surface area contributed by atoms with Crippen LogP contribution in [0.3, 0.4) is 0 Å². The number of carboxylic acids is 1. The van der Waals surface area contributed by atoms with E-state index in [0.29, 0.717) is 24.9 Å². The number of carboxylic acid groups (broad SMARTS) is 1. The summed E-state index contributed by atoms with van der Waals surface area (Å²) in [7, 11) is 0. The summed E-state index contributed by atoms with van der Waals surface area (Å²) >= 11 is 1.44. The van der Waals surface area contributed by atoms with Crippen molar-refractivity contribution in [3.05, 3.63) is 22.4 Å². The van der Waals surface area contributed by atoms with Gasteiger partial charge in [0.15, 0.2) is 0 Å². The lowest BCUT2D eigenvalue weighted by Crippen LogP contribution is -2.31. The smallest absolute Gasteiger partial charge is 0.303 e. The lowest BCUT2D eigenvalue weighted by molar-refractivity contribution is -0.137. The number of hydrogen-bond donors (Lipinski definition) is 3. The molecule has 20 heavy (non-hydrogen) atoms. The van der Waals surface area contributed by atoms with Crippen LogP contribution in [0, 0.1) is 0 Å². The Labute approximate surface area is 121 Å². The number of unbranched alkanes of at least 4 members (excludes halogenated alkanes) is 1. The summed E-state index contributed by atoms with van der Waals surface area (Å²) in [5.41, 5.74) is 0.601. The molecule has 0 saturated heterocycles. The second-order valence-corrected chi connectivity index (χ2v) is 5.00. The standard InChI is InChI=1S/C13H18N2O4S/c16-11(14-6-2-1-3-12(17)18)4-7-15-13(19)10-5-8-20-9-10/h5,8-9H,1-4,6-7H2,(H,14,16)(H,15,19)(H,17,18). The van der Waals surface area contributed by atoms with Crippen molar-refractivity contribution in [3.8, 4) is 0 Å². The molecule has 0 aliphatic carbocycles. The number of aliphatic carboxylic acids is 1. The van der Waals surface area contributed by atoms with Gasteiger partial charge in [0.05, 0.1) is 0 Å². The number of nitrogens with one attached hydrogen (secondary N) is 2. The third-order valence-electron chi connectivity index (χ3n) is 2.56. The van der Waals surface area contributed by atoms with Gasteiger partial charge in [-0.2, -0.15) is 11.3 Å². The molecule has 0 bridgehead atoms. The predicted octanol–water partition coefficient (Wildman–Crippen LogP) is 1.24. The largest absolute Gasteiger partial charge is 0.481 e. The van der Waals surface area contributed by atoms with E-state index in [-0.39, 0.29) is 31.2 Å². The van der Waals surface area contributed by atoms with E-state index in [1.54, 1.807) is 11.4 Å². The molecule has 6 nitrogen and oxygen atoms in total. The van der Waals surface area contributed by atoms with E-state index in [1.807, 2.05) is 5.38 Å². The number of rotatable bonds is 9. The molecule has 110 valence electrons. The zero-order valence-corrected chi connectivity index (χ0v) is 11.9. The van der Waals surface area contributed by atoms with Gasteiger partial charge in [0.25, 0.3) is 5.91 Å². The fraction of sp³-hybridized carbons (Fsp3) is 0.462. The van der Waals surface area contributed by atoms with Crippen LogP contribution in [-0.4, -0.2) is 36.0 Å². The number of thiophene rings is 1. The Morgan fingerprint density at radius 3 is 2.55 bits per heavy atom. The second-order valence-electron chi connectivity index (χ2n) is 4.22. The van der Waals surface area contributed by atoms with Gasteiger partial charge in [-0.3, -0.25) is 14.4 Å². The van der Waals surface area contributed by atoms with Crippen LogP contribution in [0.25, 0.3) is 0 Å². The van der Waals surface area contributed by atoms with Gasteiger partial charge in [-0.05, 0) is 24.3 Å². The van der Waals surface area contributed by atoms with Crippen LogP contribution in [0.1, 0.15) is 36.0 Å². The normalized spacial score (nSPS) is 10.0. The Morgan fingerprint density at radius 1 is 1.10 bits per heavy atom. The van der Waals surface area contributed by atoms with Crippen molar-refractivity contribution in [3.63, 3.8) is 0 Å². The van der Waals surface area contributed by atoms with Crippen molar-refractivity contribution in [2.45, 2.75) is 25.7 Å². The maximum Gasteiger partial charge on any atom is 0.303 e. The van der Waals surface area contributed by atoms with Crippen molar-refractivity contribution in [2.24, 2.45) is 0 Å². The molecule has 0 saturated carbocycles. The van der Waals surface area contributed by atoms with Crippen LogP contribution in [-0.2, 0) is 9.59 Å². The van der Waals surface area contributed by atoms with Crippen LogP contribution in [0.5, 0.6) is 0 Å². The molecular weight excluding hydrogens is 280 g/mol. The van der Waals surface area contributed by atoms with Gasteiger partial charge in [0.1, 0.15) is 0 Å². The lowest BCUT2D eigenvalue weighted by Gasteiger charge is -2.05. The SMILES string of the molecule is O=C(O)CCCCNC(=O)CCNC(=O)c1ccsc1. The minimum absolute atomic E-state index is 0.118. The van der Waals surface area contributed by atoms with Crippen LogP contribution in [0.15, 0.2) is 16.8 Å². The van der Waals surface area contributed by atoms with Crippen molar-refractivity contribution in [2.75, 3.05) is 13.1 Å². The maximum absolute atomic E-state index is 11.6. The van der Waals surface area contributed by atoms with Gasteiger partial charge in [0.2, 0.25) is 5.91 Å². The molecule has 1 aromatic heterocycles. The zero-order chi connectivity index (χ0) is 14.8. The molecule has 1 aromatic rings. The van der Waals surface area contributed by atoms with Gasteiger partial charge in [0, 0.05) is 36.9 Å². The molecule has 0 aliphatic rings. The van der Waals surface area contributed by atoms with Crippen molar-refractivity contribution >= 4 is 29.1 Å². The fourth-order valence-electron chi connectivity index (χ4n) is 1.50. The van der Waals surface area contributed by atoms with E-state index in [4.69, 9.17) is 5.11 Å². The first-order valence-corrected chi connectivity index (χ1v) is 7.33. The first kappa shape index (κ1) is 16.2. The summed E-state index contributed by atoms with van der Waals surface area (Å²) < 4.78 is 0.